The summed E-state index contributed by atoms with van der Waals surface area (Å²) in [5.41, 5.74) is 1.34. The van der Waals surface area contributed by atoms with Crippen LogP contribution in [0.4, 0.5) is 0 Å². The van der Waals surface area contributed by atoms with Crippen molar-refractivity contribution in [3.8, 4) is 0 Å². The van der Waals surface area contributed by atoms with Gasteiger partial charge in [-0.3, -0.25) is 4.79 Å². The Labute approximate surface area is 133 Å². The van der Waals surface area contributed by atoms with Gasteiger partial charge in [0.25, 0.3) is 0 Å². The lowest BCUT2D eigenvalue weighted by molar-refractivity contribution is -0.151. The van der Waals surface area contributed by atoms with Crippen LogP contribution in [0.3, 0.4) is 0 Å². The molecule has 0 aromatic carbocycles. The molecule has 1 N–H and O–H groups in total. The second-order valence-corrected chi connectivity index (χ2v) is 5.47. The number of carboxylic acid groups (broad SMARTS) is 1. The third-order valence-corrected chi connectivity index (χ3v) is 3.95. The first-order valence-corrected chi connectivity index (χ1v) is 7.43. The minimum atomic E-state index is -1.04. The summed E-state index contributed by atoms with van der Waals surface area (Å²) in [5, 5.41) is 9.49. The van der Waals surface area contributed by atoms with E-state index in [1.165, 1.54) is 11.2 Å². The number of carbonyl (C=O) groups is 2. The molecule has 1 amide bonds. The lowest BCUT2D eigenvalue weighted by Gasteiger charge is -2.32. The maximum atomic E-state index is 12.5. The molecule has 0 aliphatic carbocycles. The number of nitrogens with zero attached hydrogens (tertiary/aromatic N) is 3. The van der Waals surface area contributed by atoms with E-state index in [4.69, 9.17) is 4.42 Å². The zero-order valence-corrected chi connectivity index (χ0v) is 12.7. The van der Waals surface area contributed by atoms with Crippen molar-refractivity contribution in [3.63, 3.8) is 0 Å². The van der Waals surface area contributed by atoms with Gasteiger partial charge in [-0.05, 0) is 25.5 Å². The van der Waals surface area contributed by atoms with Gasteiger partial charge in [0.15, 0.2) is 6.04 Å². The van der Waals surface area contributed by atoms with Crippen molar-refractivity contribution >= 4 is 11.9 Å². The molecule has 7 nitrogen and oxygen atoms in total. The predicted octanol–water partition coefficient (Wildman–Crippen LogP) is 1.52. The summed E-state index contributed by atoms with van der Waals surface area (Å²) in [6.45, 7) is 2.13. The Kier molecular flexibility index (Phi) is 4.10. The fourth-order valence-electron chi connectivity index (χ4n) is 2.87. The molecule has 23 heavy (non-hydrogen) atoms. The molecular formula is C16H17N3O4. The van der Waals surface area contributed by atoms with Crippen molar-refractivity contribution in [1.29, 1.82) is 0 Å². The average Bonchev–Trinajstić information content (AvgIpc) is 2.99. The monoisotopic (exact) mass is 315 g/mol. The Balaban J connectivity index is 1.73. The summed E-state index contributed by atoms with van der Waals surface area (Å²) in [6.07, 6.45) is 4.33. The number of amides is 1. The van der Waals surface area contributed by atoms with Gasteiger partial charge >= 0.3 is 5.97 Å². The van der Waals surface area contributed by atoms with Crippen LogP contribution in [0.15, 0.2) is 29.0 Å². The summed E-state index contributed by atoms with van der Waals surface area (Å²) < 4.78 is 5.29. The summed E-state index contributed by atoms with van der Waals surface area (Å²) in [6, 6.07) is 2.41. The minimum Gasteiger partial charge on any atom is -0.479 e. The standard InChI is InChI=1S/C16H17N3O4/c1-10-17-7-4-11(18-10)2-3-14(20)19-8-5-13-12(6-9-23-13)15(19)16(21)22/h4,6-7,9,15H,2-3,5,8H2,1H3,(H,21,22). The zero-order chi connectivity index (χ0) is 16.4. The highest BCUT2D eigenvalue weighted by molar-refractivity contribution is 5.85. The van der Waals surface area contributed by atoms with Crippen molar-refractivity contribution in [2.24, 2.45) is 0 Å². The van der Waals surface area contributed by atoms with Crippen LogP contribution in [-0.2, 0) is 22.4 Å². The largest absolute Gasteiger partial charge is 0.479 e. The molecule has 1 aliphatic rings. The highest BCUT2D eigenvalue weighted by Gasteiger charge is 2.37. The number of hydrogen-bond acceptors (Lipinski definition) is 5. The van der Waals surface area contributed by atoms with Gasteiger partial charge in [0, 0.05) is 36.8 Å². The van der Waals surface area contributed by atoms with E-state index in [9.17, 15) is 14.7 Å². The topological polar surface area (TPSA) is 96.5 Å². The number of aromatic nitrogens is 2. The van der Waals surface area contributed by atoms with Crippen LogP contribution >= 0.6 is 0 Å². The Morgan fingerprint density at radius 3 is 3.00 bits per heavy atom. The molecule has 0 saturated heterocycles. The van der Waals surface area contributed by atoms with Crippen LogP contribution in [0.2, 0.25) is 0 Å². The van der Waals surface area contributed by atoms with Gasteiger partial charge in [-0.25, -0.2) is 14.8 Å². The molecule has 120 valence electrons. The first-order valence-electron chi connectivity index (χ1n) is 7.43. The number of carboxylic acids is 1. The molecule has 2 aromatic rings. The van der Waals surface area contributed by atoms with Crippen molar-refractivity contribution in [1.82, 2.24) is 14.9 Å². The number of rotatable bonds is 4. The smallest absolute Gasteiger partial charge is 0.331 e. The molecule has 0 bridgehead atoms. The van der Waals surface area contributed by atoms with Gasteiger partial charge in [-0.15, -0.1) is 0 Å². The van der Waals surface area contributed by atoms with E-state index in [0.29, 0.717) is 36.5 Å². The number of hydrogen-bond donors (Lipinski definition) is 1. The summed E-state index contributed by atoms with van der Waals surface area (Å²) >= 11 is 0. The van der Waals surface area contributed by atoms with Crippen molar-refractivity contribution in [2.45, 2.75) is 32.2 Å². The number of aryl methyl sites for hydroxylation is 2. The average molecular weight is 315 g/mol. The molecule has 3 rings (SSSR count). The number of carbonyl (C=O) groups excluding carboxylic acids is 1. The normalized spacial score (nSPS) is 16.9. The quantitative estimate of drug-likeness (QED) is 0.919. The van der Waals surface area contributed by atoms with E-state index in [0.717, 1.165) is 5.69 Å². The number of furan rings is 1. The molecule has 0 fully saturated rings. The van der Waals surface area contributed by atoms with Crippen LogP contribution in [0.25, 0.3) is 0 Å². The van der Waals surface area contributed by atoms with Crippen LogP contribution < -0.4 is 0 Å². The molecule has 1 aliphatic heterocycles. The first-order chi connectivity index (χ1) is 11.1. The summed E-state index contributed by atoms with van der Waals surface area (Å²) in [5.74, 6) is 0.0614. The van der Waals surface area contributed by atoms with Crippen molar-refractivity contribution in [2.75, 3.05) is 6.54 Å². The second kappa shape index (κ2) is 6.20. The van der Waals surface area contributed by atoms with E-state index >= 15 is 0 Å². The van der Waals surface area contributed by atoms with E-state index in [1.54, 1.807) is 25.3 Å². The highest BCUT2D eigenvalue weighted by Crippen LogP contribution is 2.31. The van der Waals surface area contributed by atoms with E-state index in [-0.39, 0.29) is 12.3 Å². The Morgan fingerprint density at radius 2 is 2.26 bits per heavy atom. The van der Waals surface area contributed by atoms with E-state index in [2.05, 4.69) is 9.97 Å². The van der Waals surface area contributed by atoms with Crippen LogP contribution in [0.5, 0.6) is 0 Å². The second-order valence-electron chi connectivity index (χ2n) is 5.47. The summed E-state index contributed by atoms with van der Waals surface area (Å²) in [7, 11) is 0. The first kappa shape index (κ1) is 15.2. The number of aliphatic carboxylic acids is 1. The van der Waals surface area contributed by atoms with Gasteiger partial charge in [0.1, 0.15) is 11.6 Å². The molecule has 1 unspecified atom stereocenters. The Hall–Kier alpha value is -2.70. The number of fused-ring (bicyclic) bond motifs is 1. The molecule has 7 heteroatoms. The fourth-order valence-corrected chi connectivity index (χ4v) is 2.87. The fraction of sp³-hybridized carbons (Fsp3) is 0.375. The maximum absolute atomic E-state index is 12.5. The van der Waals surface area contributed by atoms with Gasteiger partial charge in [-0.2, -0.15) is 0 Å². The molecule has 3 heterocycles. The van der Waals surface area contributed by atoms with Crippen molar-refractivity contribution in [3.05, 3.63) is 47.4 Å². The van der Waals surface area contributed by atoms with Crippen molar-refractivity contribution < 1.29 is 19.1 Å². The third kappa shape index (κ3) is 3.08. The van der Waals surface area contributed by atoms with Crippen LogP contribution in [0.1, 0.15) is 35.3 Å². The minimum absolute atomic E-state index is 0.194. The Morgan fingerprint density at radius 1 is 1.43 bits per heavy atom. The molecule has 0 spiro atoms. The lowest BCUT2D eigenvalue weighted by Crippen LogP contribution is -2.43. The molecule has 1 atom stereocenters. The van der Waals surface area contributed by atoms with Gasteiger partial charge in [0.05, 0.1) is 6.26 Å². The van der Waals surface area contributed by atoms with Gasteiger partial charge < -0.3 is 14.4 Å². The molecule has 0 saturated carbocycles. The predicted molar refractivity (Wildman–Crippen MR) is 79.6 cm³/mol. The highest BCUT2D eigenvalue weighted by atomic mass is 16.4. The third-order valence-electron chi connectivity index (χ3n) is 3.95. The molecule has 0 radical (unpaired) electrons. The Bertz CT molecular complexity index is 740. The molecular weight excluding hydrogens is 298 g/mol. The van der Waals surface area contributed by atoms with Gasteiger partial charge in [-0.1, -0.05) is 0 Å². The van der Waals surface area contributed by atoms with E-state index < -0.39 is 12.0 Å². The van der Waals surface area contributed by atoms with E-state index in [1.807, 2.05) is 0 Å². The maximum Gasteiger partial charge on any atom is 0.331 e. The van der Waals surface area contributed by atoms with Crippen LogP contribution in [-0.4, -0.2) is 38.4 Å². The zero-order valence-electron chi connectivity index (χ0n) is 12.7. The summed E-state index contributed by atoms with van der Waals surface area (Å²) in [4.78, 5) is 33.8. The lowest BCUT2D eigenvalue weighted by atomic mass is 9.98. The van der Waals surface area contributed by atoms with Crippen LogP contribution in [0, 0.1) is 6.92 Å². The molecule has 2 aromatic heterocycles. The SMILES string of the molecule is Cc1nccc(CCC(=O)N2CCc3occc3C2C(=O)O)n1. The van der Waals surface area contributed by atoms with Gasteiger partial charge in [0.2, 0.25) is 5.91 Å².